The molecule has 2 N–H and O–H groups in total. The molecule has 1 aliphatic rings. The zero-order valence-corrected chi connectivity index (χ0v) is 12.0. The fourth-order valence-corrected chi connectivity index (χ4v) is 3.83. The Kier molecular flexibility index (Phi) is 4.57. The Hall–Kier alpha value is -0.950. The lowest BCUT2D eigenvalue weighted by molar-refractivity contribution is 0.117. The second-order valence-electron chi connectivity index (χ2n) is 4.73. The van der Waals surface area contributed by atoms with Gasteiger partial charge in [0.05, 0.1) is 17.0 Å². The van der Waals surface area contributed by atoms with Crippen LogP contribution >= 0.6 is 0 Å². The van der Waals surface area contributed by atoms with Crippen molar-refractivity contribution in [2.75, 3.05) is 13.7 Å². The number of hydrogen-bond donors (Lipinski definition) is 2. The van der Waals surface area contributed by atoms with Crippen molar-refractivity contribution in [3.05, 3.63) is 29.8 Å². The van der Waals surface area contributed by atoms with E-state index >= 15 is 0 Å². The second-order valence-corrected chi connectivity index (χ2v) is 6.41. The third kappa shape index (κ3) is 3.33. The van der Waals surface area contributed by atoms with Crippen LogP contribution in [-0.4, -0.2) is 34.2 Å². The quantitative estimate of drug-likeness (QED) is 0.841. The number of nitrogens with one attached hydrogen (secondary N) is 2. The van der Waals surface area contributed by atoms with Gasteiger partial charge >= 0.3 is 0 Å². The number of hydrogen-bond acceptors (Lipinski definition) is 4. The van der Waals surface area contributed by atoms with Gasteiger partial charge in [-0.05, 0) is 32.0 Å². The maximum Gasteiger partial charge on any atom is 0.241 e. The fourth-order valence-electron chi connectivity index (χ4n) is 2.25. The minimum absolute atomic E-state index is 0.0776. The lowest BCUT2D eigenvalue weighted by Crippen LogP contribution is -2.39. The van der Waals surface area contributed by atoms with E-state index in [1.165, 1.54) is 0 Å². The summed E-state index contributed by atoms with van der Waals surface area (Å²) in [4.78, 5) is 0.337. The molecule has 0 bridgehead atoms. The Morgan fingerprint density at radius 2 is 2.11 bits per heavy atom. The minimum Gasteiger partial charge on any atom is -0.377 e. The van der Waals surface area contributed by atoms with Gasteiger partial charge in [-0.3, -0.25) is 0 Å². The summed E-state index contributed by atoms with van der Waals surface area (Å²) in [6.45, 7) is 3.01. The van der Waals surface area contributed by atoms with Crippen LogP contribution in [0.15, 0.2) is 29.2 Å². The van der Waals surface area contributed by atoms with Gasteiger partial charge < -0.3 is 10.1 Å². The van der Waals surface area contributed by atoms with Crippen LogP contribution in [0.3, 0.4) is 0 Å². The molecule has 0 amide bonds. The predicted octanol–water partition coefficient (Wildman–Crippen LogP) is 0.862. The number of ether oxygens (including phenoxy) is 1. The Bertz CT molecular complexity index is 530. The summed E-state index contributed by atoms with van der Waals surface area (Å²) in [6, 6.07) is 6.89. The molecule has 0 radical (unpaired) electrons. The van der Waals surface area contributed by atoms with Crippen molar-refractivity contribution in [3.8, 4) is 0 Å². The molecule has 1 aromatic rings. The molecule has 2 rings (SSSR count). The molecule has 5 nitrogen and oxygen atoms in total. The highest BCUT2D eigenvalue weighted by Gasteiger charge is 2.29. The van der Waals surface area contributed by atoms with E-state index in [-0.39, 0.29) is 12.1 Å². The van der Waals surface area contributed by atoms with E-state index in [0.717, 1.165) is 5.56 Å². The summed E-state index contributed by atoms with van der Waals surface area (Å²) in [6.07, 6.45) is 0.639. The number of sulfonamides is 1. The van der Waals surface area contributed by atoms with Gasteiger partial charge in [0.1, 0.15) is 0 Å². The lowest BCUT2D eigenvalue weighted by atomic mass is 10.2. The average Bonchev–Trinajstić information content (AvgIpc) is 2.75. The van der Waals surface area contributed by atoms with Crippen molar-refractivity contribution >= 4 is 10.0 Å². The SMILES string of the molecule is CNCc1ccccc1S(=O)(=O)NC1CCOC1C. The molecule has 2 atom stereocenters. The molecule has 19 heavy (non-hydrogen) atoms. The topological polar surface area (TPSA) is 67.4 Å². The van der Waals surface area contributed by atoms with E-state index in [9.17, 15) is 8.42 Å². The second kappa shape index (κ2) is 6.00. The van der Waals surface area contributed by atoms with Crippen LogP contribution in [0.4, 0.5) is 0 Å². The third-order valence-corrected chi connectivity index (χ3v) is 4.90. The molecule has 0 spiro atoms. The van der Waals surface area contributed by atoms with Crippen molar-refractivity contribution < 1.29 is 13.2 Å². The maximum absolute atomic E-state index is 12.4. The summed E-state index contributed by atoms with van der Waals surface area (Å²) in [5, 5.41) is 2.98. The first-order valence-electron chi connectivity index (χ1n) is 6.41. The van der Waals surface area contributed by atoms with Crippen molar-refractivity contribution in [1.29, 1.82) is 0 Å². The van der Waals surface area contributed by atoms with E-state index in [2.05, 4.69) is 10.0 Å². The molecule has 1 aromatic carbocycles. The summed E-state index contributed by atoms with van der Waals surface area (Å²) in [7, 11) is -1.70. The average molecular weight is 284 g/mol. The van der Waals surface area contributed by atoms with Crippen LogP contribution in [0.1, 0.15) is 18.9 Å². The first-order chi connectivity index (χ1) is 9.04. The summed E-state index contributed by atoms with van der Waals surface area (Å²) < 4.78 is 33.0. The van der Waals surface area contributed by atoms with Gasteiger partial charge in [-0.1, -0.05) is 18.2 Å². The van der Waals surface area contributed by atoms with Crippen LogP contribution in [0.5, 0.6) is 0 Å². The van der Waals surface area contributed by atoms with Gasteiger partial charge in [0.25, 0.3) is 0 Å². The van der Waals surface area contributed by atoms with Gasteiger partial charge in [-0.25, -0.2) is 13.1 Å². The molecule has 106 valence electrons. The van der Waals surface area contributed by atoms with E-state index in [1.54, 1.807) is 19.2 Å². The minimum atomic E-state index is -3.50. The molecule has 0 aliphatic carbocycles. The van der Waals surface area contributed by atoms with E-state index < -0.39 is 10.0 Å². The monoisotopic (exact) mass is 284 g/mol. The molecule has 0 saturated carbocycles. The highest BCUT2D eigenvalue weighted by atomic mass is 32.2. The van der Waals surface area contributed by atoms with E-state index in [1.807, 2.05) is 19.1 Å². The molecule has 1 heterocycles. The van der Waals surface area contributed by atoms with Gasteiger partial charge in [0.2, 0.25) is 10.0 Å². The number of benzene rings is 1. The first kappa shape index (κ1) is 14.5. The third-order valence-electron chi connectivity index (χ3n) is 3.31. The Morgan fingerprint density at radius 3 is 2.74 bits per heavy atom. The smallest absolute Gasteiger partial charge is 0.241 e. The summed E-state index contributed by atoms with van der Waals surface area (Å²) in [5.74, 6) is 0. The van der Waals surface area contributed by atoms with E-state index in [0.29, 0.717) is 24.5 Å². The number of rotatable bonds is 5. The highest BCUT2D eigenvalue weighted by Crippen LogP contribution is 2.19. The largest absolute Gasteiger partial charge is 0.377 e. The maximum atomic E-state index is 12.4. The highest BCUT2D eigenvalue weighted by molar-refractivity contribution is 7.89. The first-order valence-corrected chi connectivity index (χ1v) is 7.89. The van der Waals surface area contributed by atoms with Crippen molar-refractivity contribution in [3.63, 3.8) is 0 Å². The molecule has 1 aliphatic heterocycles. The fraction of sp³-hybridized carbons (Fsp3) is 0.538. The van der Waals surface area contributed by atoms with E-state index in [4.69, 9.17) is 4.74 Å². The van der Waals surface area contributed by atoms with Crippen molar-refractivity contribution in [2.45, 2.75) is 36.9 Å². The summed E-state index contributed by atoms with van der Waals surface area (Å²) in [5.41, 5.74) is 0.768. The van der Waals surface area contributed by atoms with Crippen molar-refractivity contribution in [2.24, 2.45) is 0 Å². The van der Waals surface area contributed by atoms with Crippen LogP contribution in [-0.2, 0) is 21.3 Å². The van der Waals surface area contributed by atoms with Gasteiger partial charge in [-0.2, -0.15) is 0 Å². The molecular weight excluding hydrogens is 264 g/mol. The van der Waals surface area contributed by atoms with Crippen LogP contribution < -0.4 is 10.0 Å². The molecule has 1 saturated heterocycles. The van der Waals surface area contributed by atoms with Crippen LogP contribution in [0.2, 0.25) is 0 Å². The van der Waals surface area contributed by atoms with Crippen molar-refractivity contribution in [1.82, 2.24) is 10.0 Å². The predicted molar refractivity (Wildman–Crippen MR) is 73.3 cm³/mol. The van der Waals surface area contributed by atoms with Gasteiger partial charge in [0.15, 0.2) is 0 Å². The molecular formula is C13H20N2O3S. The zero-order valence-electron chi connectivity index (χ0n) is 11.2. The summed E-state index contributed by atoms with van der Waals surface area (Å²) >= 11 is 0. The zero-order chi connectivity index (χ0) is 13.9. The molecule has 1 fully saturated rings. The van der Waals surface area contributed by atoms with Crippen LogP contribution in [0, 0.1) is 0 Å². The molecule has 6 heteroatoms. The lowest BCUT2D eigenvalue weighted by Gasteiger charge is -2.17. The molecule has 2 unspecified atom stereocenters. The van der Waals surface area contributed by atoms with Crippen LogP contribution in [0.25, 0.3) is 0 Å². The Balaban J connectivity index is 2.24. The van der Waals surface area contributed by atoms with Gasteiger partial charge in [-0.15, -0.1) is 0 Å². The Labute approximate surface area is 114 Å². The normalized spacial score (nSPS) is 23.7. The van der Waals surface area contributed by atoms with Gasteiger partial charge in [0, 0.05) is 13.2 Å². The molecule has 0 aromatic heterocycles. The standard InChI is InChI=1S/C13H20N2O3S/c1-10-12(7-8-18-10)15-19(16,17)13-6-4-3-5-11(13)9-14-2/h3-6,10,12,14-15H,7-9H2,1-2H3. The Morgan fingerprint density at radius 1 is 1.37 bits per heavy atom.